The average molecular weight is 389 g/mol. The number of hydrogen-bond donors (Lipinski definition) is 0. The van der Waals surface area contributed by atoms with Crippen molar-refractivity contribution in [2.24, 2.45) is 0 Å². The van der Waals surface area contributed by atoms with Gasteiger partial charge < -0.3 is 4.90 Å². The number of hydrogen-bond acceptors (Lipinski definition) is 4. The maximum atomic E-state index is 13.7. The van der Waals surface area contributed by atoms with Crippen molar-refractivity contribution in [1.82, 2.24) is 24.6 Å². The number of pyridine rings is 1. The van der Waals surface area contributed by atoms with Crippen LogP contribution in [0.1, 0.15) is 55.0 Å². The number of carbonyl (C=O) groups excluding carboxylic acids is 1. The van der Waals surface area contributed by atoms with Crippen LogP contribution in [0.25, 0.3) is 11.0 Å². The van der Waals surface area contributed by atoms with Gasteiger partial charge in [0.15, 0.2) is 5.65 Å². The van der Waals surface area contributed by atoms with E-state index in [2.05, 4.69) is 15.0 Å². The van der Waals surface area contributed by atoms with E-state index in [0.717, 1.165) is 45.4 Å². The first-order valence-electron chi connectivity index (χ1n) is 10.2. The molecule has 0 spiro atoms. The molecule has 1 aliphatic carbocycles. The zero-order valence-corrected chi connectivity index (χ0v) is 16.1. The van der Waals surface area contributed by atoms with E-state index in [0.29, 0.717) is 28.5 Å². The summed E-state index contributed by atoms with van der Waals surface area (Å²) < 4.78 is 28.9. The van der Waals surface area contributed by atoms with E-state index >= 15 is 0 Å². The fourth-order valence-corrected chi connectivity index (χ4v) is 4.72. The fraction of sp³-hybridized carbons (Fsp3) is 0.650. The van der Waals surface area contributed by atoms with Gasteiger partial charge in [0.1, 0.15) is 6.54 Å². The second kappa shape index (κ2) is 6.76. The van der Waals surface area contributed by atoms with Crippen LogP contribution in [0.4, 0.5) is 8.78 Å². The van der Waals surface area contributed by atoms with Crippen LogP contribution in [0.3, 0.4) is 0 Å². The molecule has 2 saturated heterocycles. The topological polar surface area (TPSA) is 54.3 Å². The Balaban J connectivity index is 1.44. The van der Waals surface area contributed by atoms with Gasteiger partial charge in [0.25, 0.3) is 6.43 Å². The van der Waals surface area contributed by atoms with Gasteiger partial charge in [0.05, 0.1) is 11.1 Å². The molecule has 2 aromatic rings. The van der Waals surface area contributed by atoms with Gasteiger partial charge in [-0.25, -0.2) is 18.4 Å². The zero-order chi connectivity index (χ0) is 19.4. The van der Waals surface area contributed by atoms with Crippen molar-refractivity contribution in [3.05, 3.63) is 23.0 Å². The molecule has 28 heavy (non-hydrogen) atoms. The number of carbonyl (C=O) groups is 1. The SMILES string of the molecule is Cc1nn(CC(=O)N2CCN3CCCC3C2)c2nc(C3CC3)cc(C(F)F)c12. The Kier molecular flexibility index (Phi) is 4.34. The molecule has 2 aliphatic heterocycles. The van der Waals surface area contributed by atoms with E-state index in [4.69, 9.17) is 0 Å². The number of aryl methyl sites for hydroxylation is 1. The lowest BCUT2D eigenvalue weighted by atomic mass is 10.1. The Labute approximate surface area is 162 Å². The highest BCUT2D eigenvalue weighted by atomic mass is 19.3. The van der Waals surface area contributed by atoms with Gasteiger partial charge >= 0.3 is 0 Å². The van der Waals surface area contributed by atoms with Crippen LogP contribution >= 0.6 is 0 Å². The first-order chi connectivity index (χ1) is 13.5. The molecule has 8 heteroatoms. The Morgan fingerprint density at radius 3 is 2.82 bits per heavy atom. The molecule has 1 unspecified atom stereocenters. The predicted octanol–water partition coefficient (Wildman–Crippen LogP) is 2.86. The van der Waals surface area contributed by atoms with Crippen LogP contribution in [0.2, 0.25) is 0 Å². The molecule has 0 radical (unpaired) electrons. The Hall–Kier alpha value is -2.09. The van der Waals surface area contributed by atoms with Crippen molar-refractivity contribution in [2.75, 3.05) is 26.2 Å². The van der Waals surface area contributed by atoms with Crippen LogP contribution < -0.4 is 0 Å². The number of alkyl halides is 2. The van der Waals surface area contributed by atoms with Crippen molar-refractivity contribution >= 4 is 16.9 Å². The molecule has 1 amide bonds. The summed E-state index contributed by atoms with van der Waals surface area (Å²) in [6.07, 6.45) is 1.72. The number of nitrogens with zero attached hydrogens (tertiary/aromatic N) is 5. The molecular formula is C20H25F2N5O. The summed E-state index contributed by atoms with van der Waals surface area (Å²) in [5.74, 6) is 0.255. The first-order valence-corrected chi connectivity index (χ1v) is 10.2. The first kappa shape index (κ1) is 18.0. The normalized spacial score (nSPS) is 23.0. The lowest BCUT2D eigenvalue weighted by molar-refractivity contribution is -0.134. The third kappa shape index (κ3) is 3.07. The van der Waals surface area contributed by atoms with Crippen LogP contribution in [-0.4, -0.2) is 62.7 Å². The summed E-state index contributed by atoms with van der Waals surface area (Å²) in [7, 11) is 0. The van der Waals surface area contributed by atoms with Gasteiger partial charge in [-0.2, -0.15) is 5.10 Å². The number of fused-ring (bicyclic) bond motifs is 2. The highest BCUT2D eigenvalue weighted by Gasteiger charge is 2.33. The second-order valence-corrected chi connectivity index (χ2v) is 8.32. The Morgan fingerprint density at radius 1 is 1.25 bits per heavy atom. The van der Waals surface area contributed by atoms with Gasteiger partial charge in [0.2, 0.25) is 5.91 Å². The van der Waals surface area contributed by atoms with Crippen molar-refractivity contribution in [2.45, 2.75) is 57.5 Å². The van der Waals surface area contributed by atoms with Gasteiger partial charge in [-0.1, -0.05) is 0 Å². The summed E-state index contributed by atoms with van der Waals surface area (Å²) in [5.41, 5.74) is 1.62. The van der Waals surface area contributed by atoms with E-state index in [1.54, 1.807) is 6.92 Å². The van der Waals surface area contributed by atoms with E-state index in [-0.39, 0.29) is 23.9 Å². The van der Waals surface area contributed by atoms with Crippen molar-refractivity contribution in [3.63, 3.8) is 0 Å². The summed E-state index contributed by atoms with van der Waals surface area (Å²) in [5, 5.41) is 4.81. The third-order valence-electron chi connectivity index (χ3n) is 6.38. The van der Waals surface area contributed by atoms with Crippen LogP contribution in [0, 0.1) is 6.92 Å². The summed E-state index contributed by atoms with van der Waals surface area (Å²) >= 11 is 0. The van der Waals surface area contributed by atoms with E-state index in [1.165, 1.54) is 17.2 Å². The molecule has 150 valence electrons. The molecule has 6 nitrogen and oxygen atoms in total. The van der Waals surface area contributed by atoms with Crippen LogP contribution in [0.15, 0.2) is 6.07 Å². The molecule has 0 N–H and O–H groups in total. The minimum atomic E-state index is -2.58. The number of aromatic nitrogens is 3. The number of halogens is 2. The predicted molar refractivity (Wildman–Crippen MR) is 100 cm³/mol. The monoisotopic (exact) mass is 389 g/mol. The van der Waals surface area contributed by atoms with Crippen molar-refractivity contribution in [1.29, 1.82) is 0 Å². The van der Waals surface area contributed by atoms with Crippen LogP contribution in [-0.2, 0) is 11.3 Å². The minimum Gasteiger partial charge on any atom is -0.338 e. The largest absolute Gasteiger partial charge is 0.338 e. The van der Waals surface area contributed by atoms with E-state index in [9.17, 15) is 13.6 Å². The molecule has 5 rings (SSSR count). The van der Waals surface area contributed by atoms with Gasteiger partial charge in [-0.3, -0.25) is 9.69 Å². The number of rotatable bonds is 4. The van der Waals surface area contributed by atoms with Crippen molar-refractivity contribution in [3.8, 4) is 0 Å². The number of piperazine rings is 1. The molecule has 1 saturated carbocycles. The number of amides is 1. The maximum absolute atomic E-state index is 13.7. The summed E-state index contributed by atoms with van der Waals surface area (Å²) in [6.45, 7) is 5.28. The molecule has 4 heterocycles. The van der Waals surface area contributed by atoms with E-state index < -0.39 is 6.43 Å². The molecule has 3 fully saturated rings. The van der Waals surface area contributed by atoms with E-state index in [1.807, 2.05) is 4.90 Å². The van der Waals surface area contributed by atoms with Gasteiger partial charge in [0, 0.05) is 42.9 Å². The minimum absolute atomic E-state index is 0.00632. The fourth-order valence-electron chi connectivity index (χ4n) is 4.72. The molecule has 1 atom stereocenters. The summed E-state index contributed by atoms with van der Waals surface area (Å²) in [4.78, 5) is 21.9. The highest BCUT2D eigenvalue weighted by molar-refractivity contribution is 5.85. The lowest BCUT2D eigenvalue weighted by Crippen LogP contribution is -2.52. The average Bonchev–Trinajstić information content (AvgIpc) is 3.35. The van der Waals surface area contributed by atoms with Gasteiger partial charge in [-0.05, 0) is 45.2 Å². The lowest BCUT2D eigenvalue weighted by Gasteiger charge is -2.37. The third-order valence-corrected chi connectivity index (χ3v) is 6.38. The Morgan fingerprint density at radius 2 is 2.07 bits per heavy atom. The Bertz CT molecular complexity index is 923. The zero-order valence-electron chi connectivity index (χ0n) is 16.1. The molecule has 0 aromatic carbocycles. The second-order valence-electron chi connectivity index (χ2n) is 8.32. The molecule has 3 aliphatic rings. The quantitative estimate of drug-likeness (QED) is 0.807. The van der Waals surface area contributed by atoms with Crippen molar-refractivity contribution < 1.29 is 13.6 Å². The van der Waals surface area contributed by atoms with Crippen LogP contribution in [0.5, 0.6) is 0 Å². The molecular weight excluding hydrogens is 364 g/mol. The van der Waals surface area contributed by atoms with Gasteiger partial charge in [-0.15, -0.1) is 0 Å². The standard InChI is InChI=1S/C20H25F2N5O/c1-12-18-15(19(21)22)9-16(13-4-5-13)23-20(18)27(24-12)11-17(28)26-8-7-25-6-2-3-14(25)10-26/h9,13-14,19H,2-8,10-11H2,1H3. The highest BCUT2D eigenvalue weighted by Crippen LogP contribution is 2.41. The molecule has 2 aromatic heterocycles. The smallest absolute Gasteiger partial charge is 0.264 e. The summed E-state index contributed by atoms with van der Waals surface area (Å²) in [6, 6.07) is 1.99. The molecule has 0 bridgehead atoms. The maximum Gasteiger partial charge on any atom is 0.264 e.